The van der Waals surface area contributed by atoms with Crippen LogP contribution in [0.5, 0.6) is 0 Å². The predicted octanol–water partition coefficient (Wildman–Crippen LogP) is 1.07. The molecule has 46 valence electrons. The van der Waals surface area contributed by atoms with Crippen molar-refractivity contribution in [3.05, 3.63) is 6.42 Å². The summed E-state index contributed by atoms with van der Waals surface area (Å²) in [5.41, 5.74) is 0. The molecule has 0 aromatic carbocycles. The summed E-state index contributed by atoms with van der Waals surface area (Å²) < 4.78 is 0. The van der Waals surface area contributed by atoms with Crippen LogP contribution in [-0.4, -0.2) is 11.1 Å². The molecule has 1 N–H and O–H groups in total. The van der Waals surface area contributed by atoms with Gasteiger partial charge < -0.3 is 5.11 Å². The molecule has 0 fully saturated rings. The Balaban J connectivity index is 0. The van der Waals surface area contributed by atoms with Crippen LogP contribution >= 0.6 is 0 Å². The van der Waals surface area contributed by atoms with E-state index in [1.807, 2.05) is 6.92 Å². The molecule has 0 aliphatic carbocycles. The van der Waals surface area contributed by atoms with E-state index in [2.05, 4.69) is 0 Å². The Morgan fingerprint density at radius 3 is 2.38 bits per heavy atom. The minimum Gasteiger partial charge on any atom is -0.503 e. The van der Waals surface area contributed by atoms with Crippen LogP contribution in [0.2, 0.25) is 0 Å². The van der Waals surface area contributed by atoms with Crippen LogP contribution in [-0.2, 0) is 26.5 Å². The summed E-state index contributed by atoms with van der Waals surface area (Å²) >= 11 is 0. The number of carbonyl (C=O) groups is 1. The van der Waals surface area contributed by atoms with Gasteiger partial charge in [0.25, 0.3) is 0 Å². The molecule has 0 atom stereocenters. The second-order valence-corrected chi connectivity index (χ2v) is 1.33. The first kappa shape index (κ1) is 10.9. The van der Waals surface area contributed by atoms with Crippen molar-refractivity contribution in [3.8, 4) is 0 Å². The summed E-state index contributed by atoms with van der Waals surface area (Å²) in [6.45, 7) is 1.94. The van der Waals surface area contributed by atoms with Gasteiger partial charge in [0.1, 0.15) is 0 Å². The molecule has 0 spiro atoms. The average Bonchev–Trinajstić information content (AvgIpc) is 1.61. The number of carboxylic acid groups (broad SMARTS) is 1. The molecule has 0 rings (SSSR count). The second kappa shape index (κ2) is 7.05. The summed E-state index contributed by atoms with van der Waals surface area (Å²) in [4.78, 5) is 9.70. The Morgan fingerprint density at radius 2 is 2.25 bits per heavy atom. The molecule has 0 saturated heterocycles. The molecule has 0 bridgehead atoms. The molecule has 0 aromatic heterocycles. The molecule has 2 nitrogen and oxygen atoms in total. The molecule has 8 heavy (non-hydrogen) atoms. The molecular weight excluding hydrogens is 140 g/mol. The van der Waals surface area contributed by atoms with E-state index in [1.165, 1.54) is 6.42 Å². The normalized spacial score (nSPS) is 7.12. The zero-order valence-corrected chi connectivity index (χ0v) is 6.41. The van der Waals surface area contributed by atoms with Gasteiger partial charge in [-0.25, -0.2) is 0 Å². The van der Waals surface area contributed by atoms with Gasteiger partial charge >= 0.3 is 0 Å². The molecule has 0 heterocycles. The molecule has 0 unspecified atom stereocenters. The van der Waals surface area contributed by atoms with Crippen molar-refractivity contribution in [1.29, 1.82) is 0 Å². The van der Waals surface area contributed by atoms with E-state index >= 15 is 0 Å². The average molecular weight is 149 g/mol. The molecule has 0 aromatic rings. The van der Waals surface area contributed by atoms with Gasteiger partial charge in [-0.1, -0.05) is 13.3 Å². The monoisotopic (exact) mass is 149 g/mol. The smallest absolute Gasteiger partial charge is 0.163 e. The van der Waals surface area contributed by atoms with Crippen LogP contribution < -0.4 is 0 Å². The van der Waals surface area contributed by atoms with E-state index in [0.29, 0.717) is 6.42 Å². The van der Waals surface area contributed by atoms with Gasteiger partial charge in [-0.15, -0.1) is 0 Å². The van der Waals surface area contributed by atoms with E-state index in [0.717, 1.165) is 6.42 Å². The Bertz CT molecular complexity index is 63.4. The van der Waals surface area contributed by atoms with Crippen molar-refractivity contribution in [2.24, 2.45) is 0 Å². The van der Waals surface area contributed by atoms with E-state index in [1.54, 1.807) is 0 Å². The SMILES string of the molecule is CCC[CH-]C(=O)O.[Ti]. The first-order valence-corrected chi connectivity index (χ1v) is 2.33. The second-order valence-electron chi connectivity index (χ2n) is 1.33. The number of rotatable bonds is 3. The van der Waals surface area contributed by atoms with E-state index in [4.69, 9.17) is 5.11 Å². The molecule has 3 heteroatoms. The number of carboxylic acids is 1. The zero-order chi connectivity index (χ0) is 5.70. The maximum atomic E-state index is 9.70. The van der Waals surface area contributed by atoms with Gasteiger partial charge in [0.05, 0.1) is 0 Å². The van der Waals surface area contributed by atoms with Gasteiger partial charge in [0.15, 0.2) is 5.97 Å². The third-order valence-electron chi connectivity index (χ3n) is 0.608. The predicted molar refractivity (Wildman–Crippen MR) is 26.8 cm³/mol. The molecule has 0 amide bonds. The first-order chi connectivity index (χ1) is 3.27. The largest absolute Gasteiger partial charge is 0.503 e. The van der Waals surface area contributed by atoms with E-state index < -0.39 is 5.97 Å². The standard InChI is InChI=1S/C5H9O2.Ti/c1-2-3-4-5(6)7;/h4H,2-3H2,1H3,(H,6,7);/q-1;. The van der Waals surface area contributed by atoms with Crippen LogP contribution in [0.4, 0.5) is 0 Å². The molecule has 0 radical (unpaired) electrons. The van der Waals surface area contributed by atoms with Crippen LogP contribution in [0.15, 0.2) is 0 Å². The molecule has 0 aliphatic heterocycles. The molecular formula is C5H9O2Ti-. The van der Waals surface area contributed by atoms with Crippen molar-refractivity contribution in [1.82, 2.24) is 0 Å². The summed E-state index contributed by atoms with van der Waals surface area (Å²) in [7, 11) is 0. The van der Waals surface area contributed by atoms with Gasteiger partial charge in [-0.2, -0.15) is 6.42 Å². The fraction of sp³-hybridized carbons (Fsp3) is 0.600. The summed E-state index contributed by atoms with van der Waals surface area (Å²) in [5.74, 6) is -0.818. The third-order valence-corrected chi connectivity index (χ3v) is 0.608. The van der Waals surface area contributed by atoms with Crippen molar-refractivity contribution < 1.29 is 31.6 Å². The van der Waals surface area contributed by atoms with Crippen molar-refractivity contribution in [2.45, 2.75) is 19.8 Å². The van der Waals surface area contributed by atoms with Gasteiger partial charge in [0.2, 0.25) is 0 Å². The summed E-state index contributed by atoms with van der Waals surface area (Å²) in [6, 6.07) is 0. The number of hydrogen-bond donors (Lipinski definition) is 1. The number of unbranched alkanes of at least 4 members (excludes halogenated alkanes) is 1. The van der Waals surface area contributed by atoms with Gasteiger partial charge in [-0.05, 0) is 0 Å². The van der Waals surface area contributed by atoms with Crippen molar-refractivity contribution >= 4 is 5.97 Å². The fourth-order valence-corrected chi connectivity index (χ4v) is 0.268. The summed E-state index contributed by atoms with van der Waals surface area (Å²) in [5, 5.41) is 7.99. The first-order valence-electron chi connectivity index (χ1n) is 2.33. The maximum absolute atomic E-state index is 9.70. The van der Waals surface area contributed by atoms with Crippen molar-refractivity contribution in [3.63, 3.8) is 0 Å². The topological polar surface area (TPSA) is 37.3 Å². The Hall–Kier alpha value is 0.0543. The third kappa shape index (κ3) is 9.41. The van der Waals surface area contributed by atoms with Gasteiger partial charge in [-0.3, -0.25) is 11.2 Å². The minimum atomic E-state index is -0.818. The van der Waals surface area contributed by atoms with Gasteiger partial charge in [0, 0.05) is 21.7 Å². The van der Waals surface area contributed by atoms with E-state index in [9.17, 15) is 4.79 Å². The Kier molecular flexibility index (Phi) is 9.64. The quantitative estimate of drug-likeness (QED) is 0.481. The van der Waals surface area contributed by atoms with Crippen LogP contribution in [0.1, 0.15) is 19.8 Å². The van der Waals surface area contributed by atoms with Crippen LogP contribution in [0, 0.1) is 6.42 Å². The van der Waals surface area contributed by atoms with Crippen LogP contribution in [0.25, 0.3) is 0 Å². The Morgan fingerprint density at radius 1 is 1.75 bits per heavy atom. The molecule has 0 saturated carbocycles. The Labute approximate surface area is 64.2 Å². The zero-order valence-electron chi connectivity index (χ0n) is 4.85. The number of hydrogen-bond acceptors (Lipinski definition) is 1. The fourth-order valence-electron chi connectivity index (χ4n) is 0.268. The maximum Gasteiger partial charge on any atom is 0.163 e. The molecule has 0 aliphatic rings. The van der Waals surface area contributed by atoms with Crippen molar-refractivity contribution in [2.75, 3.05) is 0 Å². The van der Waals surface area contributed by atoms with E-state index in [-0.39, 0.29) is 21.7 Å². The number of aliphatic carboxylic acids is 1. The van der Waals surface area contributed by atoms with Crippen LogP contribution in [0.3, 0.4) is 0 Å². The summed E-state index contributed by atoms with van der Waals surface area (Å²) in [6.07, 6.45) is 2.85. The minimum absolute atomic E-state index is 0.